The van der Waals surface area contributed by atoms with Gasteiger partial charge in [0.2, 0.25) is 0 Å². The molecular weight excluding hydrogens is 194 g/mol. The Balaban J connectivity index is 2.17. The summed E-state index contributed by atoms with van der Waals surface area (Å²) in [4.78, 5) is 4.30. The van der Waals surface area contributed by atoms with Crippen molar-refractivity contribution in [3.05, 3.63) is 16.6 Å². The SMILES string of the molecule is CC1(O)CCCC1(C)Cc1nccs1. The third kappa shape index (κ3) is 1.59. The first-order chi connectivity index (χ1) is 6.54. The largest absolute Gasteiger partial charge is 0.390 e. The smallest absolute Gasteiger partial charge is 0.0931 e. The fraction of sp³-hybridized carbons (Fsp3) is 0.727. The monoisotopic (exact) mass is 211 g/mol. The molecule has 1 aromatic heterocycles. The molecular formula is C11H17NOS. The molecule has 1 heterocycles. The Hall–Kier alpha value is -0.410. The van der Waals surface area contributed by atoms with Gasteiger partial charge in [-0.2, -0.15) is 0 Å². The Labute approximate surface area is 89.0 Å². The first kappa shape index (κ1) is 10.1. The highest BCUT2D eigenvalue weighted by atomic mass is 32.1. The normalized spacial score (nSPS) is 37.6. The fourth-order valence-corrected chi connectivity index (χ4v) is 3.15. The second-order valence-electron chi connectivity index (χ2n) is 4.79. The van der Waals surface area contributed by atoms with E-state index < -0.39 is 5.60 Å². The van der Waals surface area contributed by atoms with Crippen molar-refractivity contribution in [1.29, 1.82) is 0 Å². The lowest BCUT2D eigenvalue weighted by atomic mass is 9.75. The molecule has 0 aromatic carbocycles. The van der Waals surface area contributed by atoms with Gasteiger partial charge in [-0.25, -0.2) is 4.98 Å². The highest BCUT2D eigenvalue weighted by Crippen LogP contribution is 2.48. The van der Waals surface area contributed by atoms with E-state index in [-0.39, 0.29) is 5.41 Å². The number of thiazole rings is 1. The van der Waals surface area contributed by atoms with Crippen molar-refractivity contribution in [2.24, 2.45) is 5.41 Å². The summed E-state index contributed by atoms with van der Waals surface area (Å²) in [7, 11) is 0. The molecule has 0 radical (unpaired) electrons. The van der Waals surface area contributed by atoms with E-state index in [1.807, 2.05) is 18.5 Å². The van der Waals surface area contributed by atoms with Crippen LogP contribution in [0.2, 0.25) is 0 Å². The molecule has 1 aromatic rings. The quantitative estimate of drug-likeness (QED) is 0.815. The van der Waals surface area contributed by atoms with Crippen LogP contribution in [-0.4, -0.2) is 15.7 Å². The van der Waals surface area contributed by atoms with Crippen molar-refractivity contribution in [3.8, 4) is 0 Å². The van der Waals surface area contributed by atoms with Gasteiger partial charge in [0.05, 0.1) is 10.6 Å². The Kier molecular flexibility index (Phi) is 2.40. The minimum atomic E-state index is -0.515. The second-order valence-corrected chi connectivity index (χ2v) is 5.77. The van der Waals surface area contributed by atoms with E-state index in [4.69, 9.17) is 0 Å². The van der Waals surface area contributed by atoms with Crippen molar-refractivity contribution >= 4 is 11.3 Å². The van der Waals surface area contributed by atoms with Crippen LogP contribution in [0.5, 0.6) is 0 Å². The van der Waals surface area contributed by atoms with E-state index in [0.29, 0.717) is 0 Å². The molecule has 1 saturated carbocycles. The van der Waals surface area contributed by atoms with Crippen LogP contribution in [0.4, 0.5) is 0 Å². The van der Waals surface area contributed by atoms with Gasteiger partial charge in [-0.1, -0.05) is 6.92 Å². The van der Waals surface area contributed by atoms with E-state index in [0.717, 1.165) is 30.7 Å². The Morgan fingerprint density at radius 2 is 2.29 bits per heavy atom. The van der Waals surface area contributed by atoms with Gasteiger partial charge in [0, 0.05) is 23.4 Å². The Bertz CT molecular complexity index is 307. The summed E-state index contributed by atoms with van der Waals surface area (Å²) < 4.78 is 0. The van der Waals surface area contributed by atoms with E-state index in [1.165, 1.54) is 0 Å². The minimum absolute atomic E-state index is 0.0187. The summed E-state index contributed by atoms with van der Waals surface area (Å²) in [5.74, 6) is 0. The predicted molar refractivity (Wildman–Crippen MR) is 58.4 cm³/mol. The summed E-state index contributed by atoms with van der Waals surface area (Å²) in [5.41, 5.74) is -0.497. The molecule has 1 aliphatic rings. The first-order valence-electron chi connectivity index (χ1n) is 5.14. The van der Waals surface area contributed by atoms with E-state index >= 15 is 0 Å². The molecule has 0 aliphatic heterocycles. The van der Waals surface area contributed by atoms with E-state index in [1.54, 1.807) is 11.3 Å². The van der Waals surface area contributed by atoms with Gasteiger partial charge in [0.25, 0.3) is 0 Å². The van der Waals surface area contributed by atoms with Crippen molar-refractivity contribution in [3.63, 3.8) is 0 Å². The van der Waals surface area contributed by atoms with Crippen LogP contribution in [-0.2, 0) is 6.42 Å². The van der Waals surface area contributed by atoms with Crippen molar-refractivity contribution in [2.75, 3.05) is 0 Å². The van der Waals surface area contributed by atoms with Crippen molar-refractivity contribution in [1.82, 2.24) is 4.98 Å². The molecule has 1 fully saturated rings. The second kappa shape index (κ2) is 3.31. The average molecular weight is 211 g/mol. The molecule has 0 amide bonds. The molecule has 2 atom stereocenters. The number of aliphatic hydroxyl groups is 1. The maximum Gasteiger partial charge on any atom is 0.0931 e. The summed E-state index contributed by atoms with van der Waals surface area (Å²) >= 11 is 1.69. The van der Waals surface area contributed by atoms with Gasteiger partial charge in [-0.15, -0.1) is 11.3 Å². The molecule has 0 saturated heterocycles. The molecule has 0 spiro atoms. The number of aromatic nitrogens is 1. The average Bonchev–Trinajstić information content (AvgIpc) is 2.63. The number of rotatable bonds is 2. The highest BCUT2D eigenvalue weighted by Gasteiger charge is 2.47. The molecule has 2 unspecified atom stereocenters. The maximum absolute atomic E-state index is 10.3. The molecule has 14 heavy (non-hydrogen) atoms. The zero-order valence-electron chi connectivity index (χ0n) is 8.79. The van der Waals surface area contributed by atoms with Crippen molar-refractivity contribution in [2.45, 2.75) is 45.1 Å². The minimum Gasteiger partial charge on any atom is -0.390 e. The van der Waals surface area contributed by atoms with Crippen LogP contribution < -0.4 is 0 Å². The zero-order chi connectivity index (χ0) is 10.2. The van der Waals surface area contributed by atoms with Crippen LogP contribution in [0.3, 0.4) is 0 Å². The molecule has 0 bridgehead atoms. The summed E-state index contributed by atoms with van der Waals surface area (Å²) in [5, 5.41) is 13.4. The van der Waals surface area contributed by atoms with Gasteiger partial charge in [0.15, 0.2) is 0 Å². The summed E-state index contributed by atoms with van der Waals surface area (Å²) in [6, 6.07) is 0. The summed E-state index contributed by atoms with van der Waals surface area (Å²) in [6.07, 6.45) is 5.92. The maximum atomic E-state index is 10.3. The number of nitrogens with zero attached hydrogens (tertiary/aromatic N) is 1. The lowest BCUT2D eigenvalue weighted by molar-refractivity contribution is -0.0353. The fourth-order valence-electron chi connectivity index (χ4n) is 2.35. The third-order valence-corrected chi connectivity index (χ3v) is 4.50. The van der Waals surface area contributed by atoms with Crippen LogP contribution in [0.15, 0.2) is 11.6 Å². The van der Waals surface area contributed by atoms with Gasteiger partial charge < -0.3 is 5.11 Å². The molecule has 1 N–H and O–H groups in total. The topological polar surface area (TPSA) is 33.1 Å². The van der Waals surface area contributed by atoms with E-state index in [9.17, 15) is 5.11 Å². The highest BCUT2D eigenvalue weighted by molar-refractivity contribution is 7.09. The zero-order valence-corrected chi connectivity index (χ0v) is 9.60. The molecule has 78 valence electrons. The van der Waals surface area contributed by atoms with Crippen LogP contribution in [0.1, 0.15) is 38.1 Å². The Morgan fingerprint density at radius 3 is 2.79 bits per heavy atom. The van der Waals surface area contributed by atoms with Gasteiger partial charge in [0.1, 0.15) is 0 Å². The molecule has 1 aliphatic carbocycles. The summed E-state index contributed by atoms with van der Waals surface area (Å²) in [6.45, 7) is 4.15. The van der Waals surface area contributed by atoms with Crippen LogP contribution >= 0.6 is 11.3 Å². The Morgan fingerprint density at radius 1 is 1.50 bits per heavy atom. The van der Waals surface area contributed by atoms with Crippen molar-refractivity contribution < 1.29 is 5.11 Å². The lowest BCUT2D eigenvalue weighted by Crippen LogP contribution is -2.40. The van der Waals surface area contributed by atoms with Crippen LogP contribution in [0, 0.1) is 5.41 Å². The molecule has 2 nitrogen and oxygen atoms in total. The van der Waals surface area contributed by atoms with Gasteiger partial charge >= 0.3 is 0 Å². The van der Waals surface area contributed by atoms with E-state index in [2.05, 4.69) is 11.9 Å². The van der Waals surface area contributed by atoms with Crippen LogP contribution in [0.25, 0.3) is 0 Å². The molecule has 2 rings (SSSR count). The number of hydrogen-bond donors (Lipinski definition) is 1. The molecule has 3 heteroatoms. The van der Waals surface area contributed by atoms with Gasteiger partial charge in [-0.05, 0) is 26.2 Å². The predicted octanol–water partition coefficient (Wildman–Crippen LogP) is 2.63. The standard InChI is InChI=1S/C11H17NOS/c1-10(4-3-5-11(10,2)13)8-9-12-6-7-14-9/h6-7,13H,3-5,8H2,1-2H3. The van der Waals surface area contributed by atoms with Gasteiger partial charge in [-0.3, -0.25) is 0 Å². The lowest BCUT2D eigenvalue weighted by Gasteiger charge is -2.36. The third-order valence-electron chi connectivity index (χ3n) is 3.72. The number of hydrogen-bond acceptors (Lipinski definition) is 3. The first-order valence-corrected chi connectivity index (χ1v) is 6.02.